The second-order valence-corrected chi connectivity index (χ2v) is 4.30. The molecule has 1 aromatic carbocycles. The largest absolute Gasteiger partial charge is 0.453 e. The fourth-order valence-electron chi connectivity index (χ4n) is 0.880. The minimum Gasteiger partial charge on any atom is -0.306 e. The fourth-order valence-corrected chi connectivity index (χ4v) is 1.70. The molecule has 0 amide bonds. The Kier molecular flexibility index (Phi) is 2.76. The lowest BCUT2D eigenvalue weighted by Crippen LogP contribution is -2.48. The molecule has 0 atom stereocenters. The van der Waals surface area contributed by atoms with Gasteiger partial charge in [0, 0.05) is 0 Å². The lowest BCUT2D eigenvalue weighted by atomic mass is 10.2. The normalized spacial score (nSPS) is 10.9. The summed E-state index contributed by atoms with van der Waals surface area (Å²) in [6, 6.07) is 5.57. The van der Waals surface area contributed by atoms with Gasteiger partial charge in [0.1, 0.15) is 4.90 Å². The highest BCUT2D eigenvalue weighted by molar-refractivity contribution is 7.87. The molecule has 0 fully saturated rings. The summed E-state index contributed by atoms with van der Waals surface area (Å²) in [6.07, 6.45) is 0. The fraction of sp³-hybridized carbons (Fsp3) is 0.125. The van der Waals surface area contributed by atoms with Gasteiger partial charge in [0.15, 0.2) is 0 Å². The Balaban J connectivity index is 3.05. The van der Waals surface area contributed by atoms with Crippen LogP contribution in [0, 0.1) is 6.92 Å². The molecule has 0 heterocycles. The smallest absolute Gasteiger partial charge is 0.306 e. The van der Waals surface area contributed by atoms with Crippen LogP contribution in [-0.2, 0) is 14.3 Å². The Morgan fingerprint density at radius 2 is 1.86 bits per heavy atom. The van der Waals surface area contributed by atoms with Crippen molar-refractivity contribution in [2.45, 2.75) is 11.8 Å². The highest BCUT2D eigenvalue weighted by atomic mass is 32.2. The maximum absolute atomic E-state index is 11.4. The molecule has 4 N–H and O–H groups in total. The third-order valence-electron chi connectivity index (χ3n) is 1.52. The Bertz CT molecular complexity index is 436. The molecule has 0 unspecified atom stereocenters. The number of aryl methyl sites for hydroxylation is 1. The first-order valence-corrected chi connectivity index (χ1v) is 5.22. The van der Waals surface area contributed by atoms with Gasteiger partial charge in [-0.3, -0.25) is 11.1 Å². The molecule has 0 bridgehead atoms. The summed E-state index contributed by atoms with van der Waals surface area (Å²) in [4.78, 5) is 0.0245. The lowest BCUT2D eigenvalue weighted by molar-refractivity contribution is -0.132. The molecule has 76 valence electrons. The highest BCUT2D eigenvalue weighted by Gasteiger charge is 2.18. The molecule has 0 aliphatic heterocycles. The first-order chi connectivity index (χ1) is 6.42. The van der Waals surface area contributed by atoms with Crippen LogP contribution in [0.1, 0.15) is 5.56 Å². The summed E-state index contributed by atoms with van der Waals surface area (Å²) >= 11 is 0. The first-order valence-electron chi connectivity index (χ1n) is 3.81. The van der Waals surface area contributed by atoms with Crippen LogP contribution in [0.4, 0.5) is 0 Å². The third kappa shape index (κ3) is 2.46. The van der Waals surface area contributed by atoms with Gasteiger partial charge in [-0.1, -0.05) is 17.7 Å². The molecule has 0 aliphatic carbocycles. The minimum atomic E-state index is -3.86. The molecule has 0 saturated heterocycles. The van der Waals surface area contributed by atoms with E-state index in [2.05, 4.69) is 4.18 Å². The van der Waals surface area contributed by atoms with Gasteiger partial charge in [-0.25, -0.2) is 0 Å². The lowest BCUT2D eigenvalue weighted by Gasteiger charge is -2.01. The van der Waals surface area contributed by atoms with Gasteiger partial charge in [-0.2, -0.15) is 8.42 Å². The average Bonchev–Trinajstić information content (AvgIpc) is 2.02. The molecule has 14 heavy (non-hydrogen) atoms. The zero-order chi connectivity index (χ0) is 10.8. The summed E-state index contributed by atoms with van der Waals surface area (Å²) in [6.45, 7) is 1.85. The maximum Gasteiger partial charge on any atom is 0.453 e. The number of rotatable bonds is 2. The van der Waals surface area contributed by atoms with Gasteiger partial charge in [0.2, 0.25) is 0 Å². The van der Waals surface area contributed by atoms with E-state index in [9.17, 15) is 8.42 Å². The molecule has 1 aromatic rings. The summed E-state index contributed by atoms with van der Waals surface area (Å²) in [5.41, 5.74) is 5.89. The van der Waals surface area contributed by atoms with E-state index >= 15 is 0 Å². The molecule has 0 aliphatic rings. The van der Waals surface area contributed by atoms with Crippen molar-refractivity contribution in [1.29, 1.82) is 0 Å². The second-order valence-electron chi connectivity index (χ2n) is 2.75. The van der Waals surface area contributed by atoms with Crippen LogP contribution in [0.3, 0.4) is 0 Å². The van der Waals surface area contributed by atoms with Crippen molar-refractivity contribution in [3.05, 3.63) is 29.8 Å². The molecular formula is C8H11N2O3S+. The number of amidine groups is 1. The van der Waals surface area contributed by atoms with Crippen molar-refractivity contribution >= 4 is 16.1 Å². The van der Waals surface area contributed by atoms with E-state index in [1.165, 1.54) is 12.1 Å². The van der Waals surface area contributed by atoms with E-state index < -0.39 is 16.1 Å². The Morgan fingerprint density at radius 3 is 2.29 bits per heavy atom. The summed E-state index contributed by atoms with van der Waals surface area (Å²) < 4.78 is 27.0. The van der Waals surface area contributed by atoms with Crippen LogP contribution >= 0.6 is 0 Å². The summed E-state index contributed by atoms with van der Waals surface area (Å²) in [5.74, 6) is 0. The standard InChI is InChI=1S/C8H10N2O3S/c1-6-2-4-7(5-3-6)14(11,12)13-8(9)10/h2-5H,1H3,(H3,9,10)/p+1. The predicted octanol–water partition coefficient (Wildman–Crippen LogP) is -1.23. The van der Waals surface area contributed by atoms with Crippen LogP contribution < -0.4 is 11.1 Å². The van der Waals surface area contributed by atoms with Gasteiger partial charge < -0.3 is 4.18 Å². The van der Waals surface area contributed by atoms with Gasteiger partial charge in [0.05, 0.1) is 0 Å². The van der Waals surface area contributed by atoms with E-state index in [4.69, 9.17) is 11.1 Å². The molecule has 5 nitrogen and oxygen atoms in total. The van der Waals surface area contributed by atoms with Crippen molar-refractivity contribution in [2.75, 3.05) is 0 Å². The number of hydrogen-bond acceptors (Lipinski definition) is 3. The van der Waals surface area contributed by atoms with Crippen LogP contribution in [0.5, 0.6) is 0 Å². The van der Waals surface area contributed by atoms with Crippen molar-refractivity contribution in [3.63, 3.8) is 0 Å². The van der Waals surface area contributed by atoms with Crippen LogP contribution in [0.25, 0.3) is 0 Å². The van der Waals surface area contributed by atoms with Gasteiger partial charge in [0.25, 0.3) is 0 Å². The Morgan fingerprint density at radius 1 is 1.36 bits per heavy atom. The monoisotopic (exact) mass is 215 g/mol. The first kappa shape index (κ1) is 10.5. The van der Waals surface area contributed by atoms with E-state index in [1.807, 2.05) is 6.92 Å². The van der Waals surface area contributed by atoms with E-state index in [-0.39, 0.29) is 4.90 Å². The second kappa shape index (κ2) is 3.67. The third-order valence-corrected chi connectivity index (χ3v) is 2.78. The maximum atomic E-state index is 11.4. The zero-order valence-electron chi connectivity index (χ0n) is 7.60. The van der Waals surface area contributed by atoms with Gasteiger partial charge in [-0.05, 0) is 19.1 Å². The number of hydrogen-bond donors (Lipinski definition) is 2. The Labute approximate surface area is 82.1 Å². The average molecular weight is 215 g/mol. The van der Waals surface area contributed by atoms with Crippen LogP contribution in [-0.4, -0.2) is 14.4 Å². The number of benzene rings is 1. The van der Waals surface area contributed by atoms with Gasteiger partial charge in [-0.15, -0.1) is 0 Å². The van der Waals surface area contributed by atoms with Crippen molar-refractivity contribution < 1.29 is 18.0 Å². The molecular weight excluding hydrogens is 204 g/mol. The highest BCUT2D eigenvalue weighted by Crippen LogP contribution is 2.12. The van der Waals surface area contributed by atoms with Crippen molar-refractivity contribution in [1.82, 2.24) is 0 Å². The van der Waals surface area contributed by atoms with E-state index in [0.717, 1.165) is 5.56 Å². The molecule has 0 radical (unpaired) electrons. The molecule has 0 spiro atoms. The number of nitrogens with two attached hydrogens (primary N) is 2. The molecule has 1 rings (SSSR count). The van der Waals surface area contributed by atoms with Crippen molar-refractivity contribution in [3.8, 4) is 0 Å². The topological polar surface area (TPSA) is 95.0 Å². The molecule has 0 saturated carbocycles. The Hall–Kier alpha value is -1.56. The van der Waals surface area contributed by atoms with Crippen LogP contribution in [0.2, 0.25) is 0 Å². The van der Waals surface area contributed by atoms with Gasteiger partial charge >= 0.3 is 16.1 Å². The zero-order valence-corrected chi connectivity index (χ0v) is 8.41. The predicted molar refractivity (Wildman–Crippen MR) is 50.6 cm³/mol. The SMILES string of the molecule is Cc1ccc(S(=O)(=O)OC(N)=[NH2+])cc1. The molecule has 6 heteroatoms. The quantitative estimate of drug-likeness (QED) is 0.367. The molecule has 0 aromatic heterocycles. The summed E-state index contributed by atoms with van der Waals surface area (Å²) in [7, 11) is -3.86. The van der Waals surface area contributed by atoms with Crippen LogP contribution in [0.15, 0.2) is 29.2 Å². The minimum absolute atomic E-state index is 0.0245. The van der Waals surface area contributed by atoms with E-state index in [1.54, 1.807) is 12.1 Å². The van der Waals surface area contributed by atoms with Crippen molar-refractivity contribution in [2.24, 2.45) is 5.73 Å². The summed E-state index contributed by atoms with van der Waals surface area (Å²) in [5, 5.41) is 4.94. The van der Waals surface area contributed by atoms with E-state index in [0.29, 0.717) is 0 Å².